The molecule has 208 valence electrons. The van der Waals surface area contributed by atoms with E-state index in [-0.39, 0.29) is 4.90 Å². The molecule has 5 rings (SSSR count). The van der Waals surface area contributed by atoms with Gasteiger partial charge in [-0.3, -0.25) is 10.1 Å². The van der Waals surface area contributed by atoms with Crippen molar-refractivity contribution in [1.29, 1.82) is 0 Å². The summed E-state index contributed by atoms with van der Waals surface area (Å²) in [6.07, 6.45) is -0.466. The highest BCUT2D eigenvalue weighted by Crippen LogP contribution is 2.27. The van der Waals surface area contributed by atoms with Gasteiger partial charge >= 0.3 is 12.0 Å². The van der Waals surface area contributed by atoms with Crippen LogP contribution in [0.5, 0.6) is 0 Å². The Labute approximate surface area is 235 Å². The number of urea groups is 1. The van der Waals surface area contributed by atoms with Crippen molar-refractivity contribution in [2.24, 2.45) is 0 Å². The van der Waals surface area contributed by atoms with E-state index in [0.29, 0.717) is 34.0 Å². The molecule has 0 bridgehead atoms. The summed E-state index contributed by atoms with van der Waals surface area (Å²) in [6, 6.07) is 25.4. The first-order valence-corrected chi connectivity index (χ1v) is 14.0. The zero-order valence-electron chi connectivity index (χ0n) is 21.5. The number of benzene rings is 4. The molecule has 11 nitrogen and oxygen atoms in total. The standard InChI is InChI=1S/C29H26N6O5S/c30-21-9-3-8-20(14-21)26(17-27(36)37)35-41(39,40)23-11-5-7-19(16-23)18-6-4-10-22(15-18)31-29(38)34-28-32-24-12-1-2-13-25(24)33-28/h1-16,26,35H,17,30H2,(H,36,37)(H3,31,32,33,34,38). The van der Waals surface area contributed by atoms with Gasteiger partial charge in [0.25, 0.3) is 0 Å². The molecule has 1 heterocycles. The molecule has 1 unspecified atom stereocenters. The van der Waals surface area contributed by atoms with E-state index in [9.17, 15) is 23.1 Å². The molecule has 1 aromatic heterocycles. The number of nitrogens with one attached hydrogen (secondary N) is 4. The summed E-state index contributed by atoms with van der Waals surface area (Å²) in [6.45, 7) is 0. The fourth-order valence-corrected chi connectivity index (χ4v) is 5.60. The van der Waals surface area contributed by atoms with Crippen molar-refractivity contribution in [3.05, 3.63) is 103 Å². The van der Waals surface area contributed by atoms with Crippen molar-refractivity contribution in [2.45, 2.75) is 17.4 Å². The van der Waals surface area contributed by atoms with E-state index in [4.69, 9.17) is 5.73 Å². The molecule has 2 amide bonds. The molecule has 0 saturated heterocycles. The van der Waals surface area contributed by atoms with Crippen LogP contribution in [0.4, 0.5) is 22.1 Å². The number of hydrogen-bond acceptors (Lipinski definition) is 6. The number of nitrogen functional groups attached to an aromatic ring is 1. The van der Waals surface area contributed by atoms with Crippen LogP contribution in [0.2, 0.25) is 0 Å². The number of carboxylic acids is 1. The predicted molar refractivity (Wildman–Crippen MR) is 157 cm³/mol. The quantitative estimate of drug-likeness (QED) is 0.136. The molecule has 0 fully saturated rings. The maximum Gasteiger partial charge on any atom is 0.326 e. The van der Waals surface area contributed by atoms with Gasteiger partial charge < -0.3 is 21.1 Å². The maximum absolute atomic E-state index is 13.3. The molecule has 41 heavy (non-hydrogen) atoms. The highest BCUT2D eigenvalue weighted by Gasteiger charge is 2.24. The monoisotopic (exact) mass is 570 g/mol. The third-order valence-corrected chi connectivity index (χ3v) is 7.68. The van der Waals surface area contributed by atoms with Crippen molar-refractivity contribution >= 4 is 50.4 Å². The number of anilines is 3. The molecule has 5 aromatic rings. The van der Waals surface area contributed by atoms with Gasteiger partial charge in [0.1, 0.15) is 0 Å². The SMILES string of the molecule is Nc1cccc(C(CC(=O)O)NS(=O)(=O)c2cccc(-c3cccc(NC(=O)Nc4nc5ccccc5[nH]4)c3)c2)c1. The Kier molecular flexibility index (Phi) is 7.68. The normalized spacial score (nSPS) is 12.1. The van der Waals surface area contributed by atoms with Gasteiger partial charge in [0.05, 0.1) is 28.4 Å². The summed E-state index contributed by atoms with van der Waals surface area (Å²) < 4.78 is 29.1. The van der Waals surface area contributed by atoms with Gasteiger partial charge in [-0.1, -0.05) is 48.5 Å². The summed E-state index contributed by atoms with van der Waals surface area (Å²) in [5.74, 6) is -0.868. The largest absolute Gasteiger partial charge is 0.481 e. The number of aliphatic carboxylic acids is 1. The van der Waals surface area contributed by atoms with E-state index in [0.717, 1.165) is 11.0 Å². The minimum absolute atomic E-state index is 0.0460. The Bertz CT molecular complexity index is 1820. The molecular formula is C29H26N6O5S. The fraction of sp³-hybridized carbons (Fsp3) is 0.0690. The fourth-order valence-electron chi connectivity index (χ4n) is 4.33. The third kappa shape index (κ3) is 6.69. The zero-order chi connectivity index (χ0) is 29.0. The molecular weight excluding hydrogens is 544 g/mol. The van der Waals surface area contributed by atoms with Crippen molar-refractivity contribution in [3.63, 3.8) is 0 Å². The highest BCUT2D eigenvalue weighted by atomic mass is 32.2. The van der Waals surface area contributed by atoms with Crippen molar-refractivity contribution in [1.82, 2.24) is 14.7 Å². The smallest absolute Gasteiger partial charge is 0.326 e. The van der Waals surface area contributed by atoms with E-state index in [1.807, 2.05) is 24.3 Å². The summed E-state index contributed by atoms with van der Waals surface area (Å²) in [7, 11) is -4.12. The molecule has 0 aliphatic rings. The first-order valence-electron chi connectivity index (χ1n) is 12.5. The van der Waals surface area contributed by atoms with Gasteiger partial charge in [0, 0.05) is 11.4 Å². The van der Waals surface area contributed by atoms with Crippen LogP contribution in [0.15, 0.2) is 102 Å². The second kappa shape index (κ2) is 11.5. The number of amides is 2. The Morgan fingerprint density at radius 1 is 0.878 bits per heavy atom. The number of H-pyrrole nitrogens is 1. The number of rotatable bonds is 9. The number of imidazole rings is 1. The van der Waals surface area contributed by atoms with Crippen LogP contribution < -0.4 is 21.1 Å². The second-order valence-corrected chi connectivity index (χ2v) is 10.9. The Balaban J connectivity index is 1.33. The number of hydrogen-bond donors (Lipinski definition) is 6. The number of nitrogens with two attached hydrogens (primary N) is 1. The van der Waals surface area contributed by atoms with Crippen molar-refractivity contribution < 1.29 is 23.1 Å². The number of aromatic amines is 1. The predicted octanol–water partition coefficient (Wildman–Crippen LogP) is 4.95. The number of para-hydroxylation sites is 2. The number of sulfonamides is 1. The summed E-state index contributed by atoms with van der Waals surface area (Å²) in [4.78, 5) is 31.4. The average molecular weight is 571 g/mol. The van der Waals surface area contributed by atoms with E-state index in [2.05, 4.69) is 25.3 Å². The van der Waals surface area contributed by atoms with Crippen LogP contribution in [0.3, 0.4) is 0 Å². The number of carbonyl (C=O) groups is 2. The van der Waals surface area contributed by atoms with Crippen LogP contribution in [-0.4, -0.2) is 35.5 Å². The Hall–Kier alpha value is -5.20. The molecule has 12 heteroatoms. The number of fused-ring (bicyclic) bond motifs is 1. The molecule has 0 saturated carbocycles. The lowest BCUT2D eigenvalue weighted by atomic mass is 10.0. The first-order chi connectivity index (χ1) is 19.7. The van der Waals surface area contributed by atoms with Crippen molar-refractivity contribution in [2.75, 3.05) is 16.4 Å². The van der Waals surface area contributed by atoms with Crippen LogP contribution >= 0.6 is 0 Å². The molecule has 0 aliphatic heterocycles. The number of nitrogens with zero attached hydrogens (tertiary/aromatic N) is 1. The van der Waals surface area contributed by atoms with Crippen LogP contribution in [0.25, 0.3) is 22.2 Å². The first kappa shape index (κ1) is 27.4. The molecule has 0 aliphatic carbocycles. The molecule has 4 aromatic carbocycles. The Morgan fingerprint density at radius 2 is 1.61 bits per heavy atom. The van der Waals surface area contributed by atoms with Gasteiger partial charge in [0.15, 0.2) is 0 Å². The van der Waals surface area contributed by atoms with Crippen molar-refractivity contribution in [3.8, 4) is 11.1 Å². The van der Waals surface area contributed by atoms with E-state index >= 15 is 0 Å². The summed E-state index contributed by atoms with van der Waals surface area (Å²) in [5.41, 5.74) is 9.86. The number of carbonyl (C=O) groups excluding carboxylic acids is 1. The topological polar surface area (TPSA) is 179 Å². The van der Waals surface area contributed by atoms with Crippen LogP contribution in [-0.2, 0) is 14.8 Å². The lowest BCUT2D eigenvalue weighted by Gasteiger charge is -2.18. The third-order valence-electron chi connectivity index (χ3n) is 6.21. The van der Waals surface area contributed by atoms with Crippen LogP contribution in [0.1, 0.15) is 18.0 Å². The minimum Gasteiger partial charge on any atom is -0.481 e. The zero-order valence-corrected chi connectivity index (χ0v) is 22.4. The number of carboxylic acid groups (broad SMARTS) is 1. The van der Waals surface area contributed by atoms with Gasteiger partial charge in [-0.2, -0.15) is 0 Å². The summed E-state index contributed by atoms with van der Waals surface area (Å²) in [5, 5.41) is 14.8. The lowest BCUT2D eigenvalue weighted by Crippen LogP contribution is -2.30. The van der Waals surface area contributed by atoms with E-state index in [1.54, 1.807) is 54.6 Å². The number of aromatic nitrogens is 2. The van der Waals surface area contributed by atoms with E-state index in [1.165, 1.54) is 18.2 Å². The lowest BCUT2D eigenvalue weighted by molar-refractivity contribution is -0.137. The van der Waals surface area contributed by atoms with E-state index < -0.39 is 34.5 Å². The molecule has 7 N–H and O–H groups in total. The van der Waals surface area contributed by atoms with Gasteiger partial charge in [0.2, 0.25) is 16.0 Å². The average Bonchev–Trinajstić information content (AvgIpc) is 3.34. The molecule has 0 radical (unpaired) electrons. The van der Waals surface area contributed by atoms with Gasteiger partial charge in [-0.05, 0) is 65.2 Å². The minimum atomic E-state index is -4.12. The summed E-state index contributed by atoms with van der Waals surface area (Å²) >= 11 is 0. The Morgan fingerprint density at radius 3 is 2.37 bits per heavy atom. The van der Waals surface area contributed by atoms with Crippen LogP contribution in [0, 0.1) is 0 Å². The van der Waals surface area contributed by atoms with Gasteiger partial charge in [-0.25, -0.2) is 22.9 Å². The maximum atomic E-state index is 13.3. The molecule has 1 atom stereocenters. The second-order valence-electron chi connectivity index (χ2n) is 9.23. The van der Waals surface area contributed by atoms with Gasteiger partial charge in [-0.15, -0.1) is 0 Å². The highest BCUT2D eigenvalue weighted by molar-refractivity contribution is 7.89. The molecule has 0 spiro atoms.